The summed E-state index contributed by atoms with van der Waals surface area (Å²) in [6, 6.07) is 9.44. The first kappa shape index (κ1) is 27.1. The molecule has 2 aromatic rings. The average Bonchev–Trinajstić information content (AvgIpc) is 3.16. The molecule has 9 heteroatoms. The molecule has 1 N–H and O–H groups in total. The molecule has 0 spiro atoms. The summed E-state index contributed by atoms with van der Waals surface area (Å²) in [4.78, 5) is 30.2. The second-order valence-corrected chi connectivity index (χ2v) is 9.25. The van der Waals surface area contributed by atoms with E-state index in [9.17, 15) is 14.7 Å². The molecule has 9 nitrogen and oxygen atoms in total. The molecular formula is C29H34N2O7. The largest absolute Gasteiger partial charge is 0.507 e. The highest BCUT2D eigenvalue weighted by atomic mass is 16.6. The number of amides is 1. The Morgan fingerprint density at radius 1 is 1.11 bits per heavy atom. The van der Waals surface area contributed by atoms with Crippen molar-refractivity contribution in [1.82, 2.24) is 9.80 Å². The van der Waals surface area contributed by atoms with Gasteiger partial charge in [-0.15, -0.1) is 0 Å². The minimum absolute atomic E-state index is 0.0127. The number of fused-ring (bicyclic) bond motifs is 1. The molecule has 2 aliphatic heterocycles. The van der Waals surface area contributed by atoms with E-state index in [-0.39, 0.29) is 11.3 Å². The third kappa shape index (κ3) is 5.62. The maximum atomic E-state index is 13.4. The maximum absolute atomic E-state index is 13.4. The van der Waals surface area contributed by atoms with E-state index in [2.05, 4.69) is 6.58 Å². The smallest absolute Gasteiger partial charge is 0.295 e. The lowest BCUT2D eigenvalue weighted by atomic mass is 9.94. The van der Waals surface area contributed by atoms with Crippen LogP contribution in [-0.2, 0) is 9.59 Å². The maximum Gasteiger partial charge on any atom is 0.295 e. The number of carbonyl (C=O) groups is 2. The monoisotopic (exact) mass is 522 g/mol. The van der Waals surface area contributed by atoms with Gasteiger partial charge in [0.25, 0.3) is 11.7 Å². The Morgan fingerprint density at radius 2 is 1.87 bits per heavy atom. The van der Waals surface area contributed by atoms with Gasteiger partial charge in [-0.25, -0.2) is 0 Å². The fraction of sp³-hybridized carbons (Fsp3) is 0.379. The van der Waals surface area contributed by atoms with Crippen molar-refractivity contribution in [3.63, 3.8) is 0 Å². The fourth-order valence-electron chi connectivity index (χ4n) is 4.59. The number of aliphatic hydroxyl groups is 1. The van der Waals surface area contributed by atoms with E-state index >= 15 is 0 Å². The van der Waals surface area contributed by atoms with Gasteiger partial charge in [0.2, 0.25) is 0 Å². The lowest BCUT2D eigenvalue weighted by Crippen LogP contribution is -2.32. The van der Waals surface area contributed by atoms with Gasteiger partial charge in [-0.2, -0.15) is 0 Å². The molecule has 38 heavy (non-hydrogen) atoms. The number of ether oxygens (including phenoxy) is 4. The number of nitrogens with zero attached hydrogens (tertiary/aromatic N) is 2. The Morgan fingerprint density at radius 3 is 2.58 bits per heavy atom. The highest BCUT2D eigenvalue weighted by molar-refractivity contribution is 6.46. The first-order valence-corrected chi connectivity index (χ1v) is 12.7. The molecule has 2 aromatic carbocycles. The van der Waals surface area contributed by atoms with Crippen LogP contribution in [-0.4, -0.2) is 80.2 Å². The summed E-state index contributed by atoms with van der Waals surface area (Å²) < 4.78 is 22.8. The third-order valence-corrected chi connectivity index (χ3v) is 6.30. The summed E-state index contributed by atoms with van der Waals surface area (Å²) in [6.45, 7) is 8.13. The van der Waals surface area contributed by atoms with E-state index in [1.165, 1.54) is 4.90 Å². The first-order valence-electron chi connectivity index (χ1n) is 12.7. The Hall–Kier alpha value is -3.98. The van der Waals surface area contributed by atoms with Gasteiger partial charge < -0.3 is 33.9 Å². The van der Waals surface area contributed by atoms with Crippen molar-refractivity contribution in [2.75, 3.05) is 53.6 Å². The lowest BCUT2D eigenvalue weighted by Gasteiger charge is -2.26. The molecule has 1 amide bonds. The van der Waals surface area contributed by atoms with Crippen LogP contribution in [0, 0.1) is 0 Å². The average molecular weight is 523 g/mol. The normalized spacial score (nSPS) is 18.1. The quantitative estimate of drug-likeness (QED) is 0.206. The molecule has 202 valence electrons. The molecule has 0 aromatic heterocycles. The van der Waals surface area contributed by atoms with E-state index in [0.29, 0.717) is 73.5 Å². The molecule has 0 aliphatic carbocycles. The zero-order valence-electron chi connectivity index (χ0n) is 22.1. The zero-order chi connectivity index (χ0) is 27.2. The van der Waals surface area contributed by atoms with Gasteiger partial charge in [-0.3, -0.25) is 9.59 Å². The zero-order valence-corrected chi connectivity index (χ0v) is 22.1. The van der Waals surface area contributed by atoms with E-state index in [0.717, 1.165) is 6.54 Å². The van der Waals surface area contributed by atoms with Crippen LogP contribution in [0.4, 0.5) is 0 Å². The molecule has 0 bridgehead atoms. The van der Waals surface area contributed by atoms with Crippen LogP contribution >= 0.6 is 0 Å². The molecule has 0 radical (unpaired) electrons. The van der Waals surface area contributed by atoms with Crippen molar-refractivity contribution in [2.45, 2.75) is 19.4 Å². The van der Waals surface area contributed by atoms with Crippen molar-refractivity contribution in [1.29, 1.82) is 0 Å². The fourth-order valence-corrected chi connectivity index (χ4v) is 4.59. The number of ketones is 1. The van der Waals surface area contributed by atoms with Crippen molar-refractivity contribution in [3.8, 4) is 23.0 Å². The molecule has 0 saturated carbocycles. The van der Waals surface area contributed by atoms with Gasteiger partial charge in [0, 0.05) is 12.1 Å². The predicted octanol–water partition coefficient (Wildman–Crippen LogP) is 3.79. The summed E-state index contributed by atoms with van der Waals surface area (Å²) in [5.41, 5.74) is 1.00. The number of hydrogen-bond acceptors (Lipinski definition) is 8. The molecular weight excluding hydrogens is 488 g/mol. The van der Waals surface area contributed by atoms with Crippen LogP contribution in [0.1, 0.15) is 30.5 Å². The molecule has 0 unspecified atom stereocenters. The Kier molecular flexibility index (Phi) is 8.58. The number of aliphatic hydroxyl groups excluding tert-OH is 1. The van der Waals surface area contributed by atoms with Gasteiger partial charge in [0.1, 0.15) is 25.6 Å². The SMILES string of the molecule is C=CCOc1ccc([C@H]2C(=C(O)c3ccc4c(c3)OCCO4)C(=O)C(=O)N2CCCN(C)C)cc1OCC. The number of hydrogen-bond donors (Lipinski definition) is 1. The topological polar surface area (TPSA) is 97.8 Å². The van der Waals surface area contributed by atoms with Crippen LogP contribution in [0.25, 0.3) is 5.76 Å². The second-order valence-electron chi connectivity index (χ2n) is 9.25. The number of benzene rings is 2. The molecule has 1 fully saturated rings. The number of likely N-dealkylation sites (tertiary alicyclic amines) is 1. The van der Waals surface area contributed by atoms with Gasteiger partial charge in [-0.05, 0) is 69.9 Å². The summed E-state index contributed by atoms with van der Waals surface area (Å²) in [7, 11) is 3.90. The van der Waals surface area contributed by atoms with Crippen LogP contribution in [0.2, 0.25) is 0 Å². The van der Waals surface area contributed by atoms with Crippen molar-refractivity contribution >= 4 is 17.4 Å². The van der Waals surface area contributed by atoms with Crippen molar-refractivity contribution < 1.29 is 33.6 Å². The highest BCUT2D eigenvalue weighted by Crippen LogP contribution is 2.43. The minimum atomic E-state index is -0.807. The predicted molar refractivity (Wildman–Crippen MR) is 143 cm³/mol. The number of carbonyl (C=O) groups excluding carboxylic acids is 2. The van der Waals surface area contributed by atoms with Crippen LogP contribution < -0.4 is 18.9 Å². The Labute approximate surface area is 222 Å². The molecule has 4 rings (SSSR count). The molecule has 1 atom stereocenters. The second kappa shape index (κ2) is 12.0. The summed E-state index contributed by atoms with van der Waals surface area (Å²) >= 11 is 0. The summed E-state index contributed by atoms with van der Waals surface area (Å²) in [5, 5.41) is 11.4. The van der Waals surface area contributed by atoms with E-state index in [1.54, 1.807) is 42.5 Å². The molecule has 2 aliphatic rings. The first-order chi connectivity index (χ1) is 18.3. The minimum Gasteiger partial charge on any atom is -0.507 e. The van der Waals surface area contributed by atoms with Gasteiger partial charge in [0.05, 0.1) is 18.2 Å². The van der Waals surface area contributed by atoms with Crippen LogP contribution in [0.3, 0.4) is 0 Å². The van der Waals surface area contributed by atoms with Crippen molar-refractivity contribution in [3.05, 3.63) is 65.8 Å². The summed E-state index contributed by atoms with van der Waals surface area (Å²) in [6.07, 6.45) is 2.29. The third-order valence-electron chi connectivity index (χ3n) is 6.30. The molecule has 1 saturated heterocycles. The van der Waals surface area contributed by atoms with Crippen LogP contribution in [0.15, 0.2) is 54.6 Å². The standard InChI is InChI=1S/C29H34N2O7/c1-5-14-36-21-10-8-19(17-23(21)35-6-2)26-25(28(33)29(34)31(26)13-7-12-30(3)4)27(32)20-9-11-22-24(18-20)38-16-15-37-22/h5,8-11,17-18,26,32H,1,6-7,12-16H2,2-4H3/t26-/m0/s1. The van der Waals surface area contributed by atoms with E-state index < -0.39 is 17.7 Å². The van der Waals surface area contributed by atoms with Gasteiger partial charge in [-0.1, -0.05) is 18.7 Å². The van der Waals surface area contributed by atoms with E-state index in [1.807, 2.05) is 25.9 Å². The Bertz CT molecular complexity index is 1240. The summed E-state index contributed by atoms with van der Waals surface area (Å²) in [5.74, 6) is 0.363. The number of rotatable bonds is 11. The van der Waals surface area contributed by atoms with Crippen molar-refractivity contribution in [2.24, 2.45) is 0 Å². The highest BCUT2D eigenvalue weighted by Gasteiger charge is 2.46. The van der Waals surface area contributed by atoms with Gasteiger partial charge >= 0.3 is 0 Å². The van der Waals surface area contributed by atoms with E-state index in [4.69, 9.17) is 18.9 Å². The number of Topliss-reactive ketones (excluding diaryl/α,β-unsaturated/α-hetero) is 1. The lowest BCUT2D eigenvalue weighted by molar-refractivity contribution is -0.139. The van der Waals surface area contributed by atoms with Gasteiger partial charge in [0.15, 0.2) is 23.0 Å². The van der Waals surface area contributed by atoms with Crippen LogP contribution in [0.5, 0.6) is 23.0 Å². The molecule has 2 heterocycles. The Balaban J connectivity index is 1.81.